The number of benzene rings is 2. The molecule has 0 bridgehead atoms. The molecule has 2 fully saturated rings. The molecule has 1 amide bonds. The summed E-state index contributed by atoms with van der Waals surface area (Å²) >= 11 is 0. The summed E-state index contributed by atoms with van der Waals surface area (Å²) in [5.41, 5.74) is 2.97. The van der Waals surface area contributed by atoms with Crippen molar-refractivity contribution < 1.29 is 13.9 Å². The molecular weight excluding hydrogens is 369 g/mol. The van der Waals surface area contributed by atoms with Crippen LogP contribution in [0.1, 0.15) is 28.8 Å². The van der Waals surface area contributed by atoms with Crippen molar-refractivity contribution >= 4 is 11.6 Å². The number of hydrogen-bond acceptors (Lipinski definition) is 4. The van der Waals surface area contributed by atoms with Gasteiger partial charge in [0.25, 0.3) is 5.91 Å². The fourth-order valence-corrected chi connectivity index (χ4v) is 3.95. The van der Waals surface area contributed by atoms with E-state index in [1.807, 2.05) is 36.4 Å². The third kappa shape index (κ3) is 5.34. The van der Waals surface area contributed by atoms with Crippen molar-refractivity contribution in [2.24, 2.45) is 0 Å². The number of amides is 1. The molecular formula is C23H28FN3O2. The Balaban J connectivity index is 1.23. The lowest BCUT2D eigenvalue weighted by atomic mass is 10.1. The van der Waals surface area contributed by atoms with Crippen LogP contribution >= 0.6 is 0 Å². The third-order valence-electron chi connectivity index (χ3n) is 5.70. The quantitative estimate of drug-likeness (QED) is 0.814. The molecule has 4 rings (SSSR count). The molecule has 2 heterocycles. The molecule has 2 saturated heterocycles. The molecule has 0 aliphatic carbocycles. The molecule has 6 heteroatoms. The number of carbonyl (C=O) groups excluding carboxylic acids is 1. The zero-order valence-corrected chi connectivity index (χ0v) is 16.6. The first kappa shape index (κ1) is 19.9. The number of anilines is 1. The topological polar surface area (TPSA) is 44.8 Å². The van der Waals surface area contributed by atoms with Gasteiger partial charge in [0.05, 0.1) is 6.10 Å². The molecule has 29 heavy (non-hydrogen) atoms. The Morgan fingerprint density at radius 3 is 2.41 bits per heavy atom. The largest absolute Gasteiger partial charge is 0.376 e. The summed E-state index contributed by atoms with van der Waals surface area (Å²) in [6, 6.07) is 14.6. The summed E-state index contributed by atoms with van der Waals surface area (Å²) in [5.74, 6) is -0.239. The van der Waals surface area contributed by atoms with Gasteiger partial charge >= 0.3 is 0 Å². The maximum atomic E-state index is 13.1. The summed E-state index contributed by atoms with van der Waals surface area (Å²) in [6.45, 7) is 6.02. The monoisotopic (exact) mass is 397 g/mol. The van der Waals surface area contributed by atoms with Crippen LogP contribution in [-0.2, 0) is 11.3 Å². The average molecular weight is 397 g/mol. The number of hydrogen-bond donors (Lipinski definition) is 1. The number of rotatable bonds is 6. The van der Waals surface area contributed by atoms with Crippen molar-refractivity contribution in [3.8, 4) is 0 Å². The summed E-state index contributed by atoms with van der Waals surface area (Å²) < 4.78 is 18.6. The van der Waals surface area contributed by atoms with E-state index in [1.165, 1.54) is 17.7 Å². The maximum absolute atomic E-state index is 13.1. The van der Waals surface area contributed by atoms with Crippen molar-refractivity contribution in [1.82, 2.24) is 10.2 Å². The minimum atomic E-state index is -0.198. The van der Waals surface area contributed by atoms with Crippen molar-refractivity contribution in [3.63, 3.8) is 0 Å². The maximum Gasteiger partial charge on any atom is 0.251 e. The second-order valence-corrected chi connectivity index (χ2v) is 7.78. The van der Waals surface area contributed by atoms with E-state index < -0.39 is 0 Å². The first-order chi connectivity index (χ1) is 14.2. The van der Waals surface area contributed by atoms with E-state index in [1.54, 1.807) is 0 Å². The predicted molar refractivity (Wildman–Crippen MR) is 112 cm³/mol. The lowest BCUT2D eigenvalue weighted by Crippen LogP contribution is -2.45. The van der Waals surface area contributed by atoms with E-state index in [0.717, 1.165) is 57.9 Å². The van der Waals surface area contributed by atoms with Crippen LogP contribution in [0.15, 0.2) is 48.5 Å². The molecule has 2 aliphatic heterocycles. The summed E-state index contributed by atoms with van der Waals surface area (Å²) in [6.07, 6.45) is 2.26. The molecule has 2 aromatic rings. The molecule has 0 spiro atoms. The molecule has 0 aromatic heterocycles. The molecule has 2 aromatic carbocycles. The normalized spacial score (nSPS) is 20.0. The van der Waals surface area contributed by atoms with Crippen LogP contribution in [0.25, 0.3) is 0 Å². The highest BCUT2D eigenvalue weighted by Crippen LogP contribution is 2.18. The predicted octanol–water partition coefficient (Wildman–Crippen LogP) is 3.06. The minimum absolute atomic E-state index is 0.0417. The van der Waals surface area contributed by atoms with E-state index >= 15 is 0 Å². The van der Waals surface area contributed by atoms with Crippen molar-refractivity contribution in [2.45, 2.75) is 25.5 Å². The lowest BCUT2D eigenvalue weighted by molar-refractivity contribution is 0.0858. The Bertz CT molecular complexity index is 796. The number of ether oxygens (including phenoxy) is 1. The van der Waals surface area contributed by atoms with Crippen LogP contribution in [0.3, 0.4) is 0 Å². The zero-order chi connectivity index (χ0) is 20.1. The highest BCUT2D eigenvalue weighted by atomic mass is 19.1. The Kier molecular flexibility index (Phi) is 6.42. The van der Waals surface area contributed by atoms with Crippen LogP contribution in [-0.4, -0.2) is 56.2 Å². The average Bonchev–Trinajstić information content (AvgIpc) is 3.27. The molecule has 5 nitrogen and oxygen atoms in total. The number of carbonyl (C=O) groups is 1. The smallest absolute Gasteiger partial charge is 0.251 e. The summed E-state index contributed by atoms with van der Waals surface area (Å²) in [5, 5.41) is 2.96. The van der Waals surface area contributed by atoms with Crippen LogP contribution in [0.4, 0.5) is 10.1 Å². The van der Waals surface area contributed by atoms with Crippen molar-refractivity contribution in [1.29, 1.82) is 0 Å². The van der Waals surface area contributed by atoms with Crippen molar-refractivity contribution in [3.05, 3.63) is 65.5 Å². The molecule has 0 unspecified atom stereocenters. The number of halogens is 1. The minimum Gasteiger partial charge on any atom is -0.376 e. The Labute approximate surface area is 171 Å². The SMILES string of the molecule is O=C(NC[C@@H]1CCCO1)c1ccc(CN2CCN(c3ccc(F)cc3)CC2)cc1. The molecule has 154 valence electrons. The van der Waals surface area contributed by atoms with Gasteiger partial charge in [-0.15, -0.1) is 0 Å². The van der Waals surface area contributed by atoms with Gasteiger partial charge in [0, 0.05) is 57.1 Å². The zero-order valence-electron chi connectivity index (χ0n) is 16.6. The molecule has 0 radical (unpaired) electrons. The fourth-order valence-electron chi connectivity index (χ4n) is 3.95. The first-order valence-corrected chi connectivity index (χ1v) is 10.4. The van der Waals surface area contributed by atoms with Gasteiger partial charge in [0.15, 0.2) is 0 Å². The van der Waals surface area contributed by atoms with E-state index in [9.17, 15) is 9.18 Å². The summed E-state index contributed by atoms with van der Waals surface area (Å²) in [4.78, 5) is 17.0. The van der Waals surface area contributed by atoms with E-state index in [4.69, 9.17) is 4.74 Å². The second-order valence-electron chi connectivity index (χ2n) is 7.78. The van der Waals surface area contributed by atoms with E-state index in [-0.39, 0.29) is 17.8 Å². The lowest BCUT2D eigenvalue weighted by Gasteiger charge is -2.36. The van der Waals surface area contributed by atoms with Gasteiger partial charge in [-0.3, -0.25) is 9.69 Å². The van der Waals surface area contributed by atoms with Gasteiger partial charge in [-0.05, 0) is 54.8 Å². The van der Waals surface area contributed by atoms with Gasteiger partial charge < -0.3 is 15.0 Å². The van der Waals surface area contributed by atoms with Crippen molar-refractivity contribution in [2.75, 3.05) is 44.2 Å². The highest BCUT2D eigenvalue weighted by Gasteiger charge is 2.18. The Hall–Kier alpha value is -2.44. The van der Waals surface area contributed by atoms with Gasteiger partial charge in [-0.2, -0.15) is 0 Å². The molecule has 0 saturated carbocycles. The third-order valence-corrected chi connectivity index (χ3v) is 5.70. The van der Waals surface area contributed by atoms with Gasteiger partial charge in [0.1, 0.15) is 5.82 Å². The van der Waals surface area contributed by atoms with Crippen LogP contribution in [0.2, 0.25) is 0 Å². The van der Waals surface area contributed by atoms with E-state index in [0.29, 0.717) is 12.1 Å². The highest BCUT2D eigenvalue weighted by molar-refractivity contribution is 5.94. The van der Waals surface area contributed by atoms with Gasteiger partial charge in [0.2, 0.25) is 0 Å². The fraction of sp³-hybridized carbons (Fsp3) is 0.435. The first-order valence-electron chi connectivity index (χ1n) is 10.4. The van der Waals surface area contributed by atoms with Gasteiger partial charge in [-0.25, -0.2) is 4.39 Å². The molecule has 2 aliphatic rings. The van der Waals surface area contributed by atoms with E-state index in [2.05, 4.69) is 15.1 Å². The standard InChI is InChI=1S/C23H28FN3O2/c24-20-7-9-21(10-8-20)27-13-11-26(12-14-27)17-18-3-5-19(6-4-18)23(28)25-16-22-2-1-15-29-22/h3-10,22H,1-2,11-17H2,(H,25,28)/t22-/m0/s1. The number of piperazine rings is 1. The van der Waals surface area contributed by atoms with Crippen LogP contribution < -0.4 is 10.2 Å². The van der Waals surface area contributed by atoms with Crippen LogP contribution in [0.5, 0.6) is 0 Å². The number of nitrogens with zero attached hydrogens (tertiary/aromatic N) is 2. The number of nitrogens with one attached hydrogen (secondary N) is 1. The molecule has 1 atom stereocenters. The summed E-state index contributed by atoms with van der Waals surface area (Å²) in [7, 11) is 0. The van der Waals surface area contributed by atoms with Gasteiger partial charge in [-0.1, -0.05) is 12.1 Å². The van der Waals surface area contributed by atoms with Crippen LogP contribution in [0, 0.1) is 5.82 Å². The Morgan fingerprint density at radius 2 is 1.76 bits per heavy atom. The molecule has 1 N–H and O–H groups in total. The Morgan fingerprint density at radius 1 is 1.03 bits per heavy atom. The second kappa shape index (κ2) is 9.37.